The van der Waals surface area contributed by atoms with Gasteiger partial charge < -0.3 is 5.11 Å². The minimum atomic E-state index is -0.106. The number of hydrogen-bond acceptors (Lipinski definition) is 2. The summed E-state index contributed by atoms with van der Waals surface area (Å²) in [7, 11) is 0. The van der Waals surface area contributed by atoms with Crippen molar-refractivity contribution in [2.75, 3.05) is 0 Å². The van der Waals surface area contributed by atoms with Crippen molar-refractivity contribution < 1.29 is 9.90 Å². The van der Waals surface area contributed by atoms with Crippen LogP contribution in [0.15, 0.2) is 11.6 Å². The van der Waals surface area contributed by atoms with E-state index in [-0.39, 0.29) is 12.0 Å². The van der Waals surface area contributed by atoms with Crippen molar-refractivity contribution in [2.24, 2.45) is 46.3 Å². The minimum absolute atomic E-state index is 0.106. The molecule has 4 rings (SSSR count). The van der Waals surface area contributed by atoms with E-state index in [9.17, 15) is 9.90 Å². The first-order valence-corrected chi connectivity index (χ1v) is 12.6. The van der Waals surface area contributed by atoms with Crippen molar-refractivity contribution in [1.82, 2.24) is 0 Å². The van der Waals surface area contributed by atoms with Crippen LogP contribution in [0.1, 0.15) is 98.8 Å². The van der Waals surface area contributed by atoms with Crippen LogP contribution in [0.3, 0.4) is 0 Å². The number of allylic oxidation sites excluding steroid dienone is 1. The number of aliphatic hydroxyl groups excluding tert-OH is 1. The molecule has 4 aliphatic rings. The van der Waals surface area contributed by atoms with Gasteiger partial charge in [-0.05, 0) is 98.2 Å². The van der Waals surface area contributed by atoms with Crippen molar-refractivity contribution in [2.45, 2.75) is 105 Å². The summed E-state index contributed by atoms with van der Waals surface area (Å²) in [6.07, 6.45) is 14.1. The maximum absolute atomic E-state index is 12.2. The van der Waals surface area contributed by atoms with Crippen molar-refractivity contribution >= 4 is 5.78 Å². The molecule has 0 aromatic heterocycles. The molecule has 0 saturated heterocycles. The third-order valence-electron chi connectivity index (χ3n) is 10.3. The summed E-state index contributed by atoms with van der Waals surface area (Å²) in [6, 6.07) is 0. The lowest BCUT2D eigenvalue weighted by molar-refractivity contribution is -0.122. The van der Waals surface area contributed by atoms with Crippen LogP contribution >= 0.6 is 0 Å². The van der Waals surface area contributed by atoms with Crippen LogP contribution in [0.25, 0.3) is 0 Å². The standard InChI is InChI=1S/C27H44O2/c1-17(2)25(29)11-6-18(3)22-9-10-23-21-8-7-19-16-20(28)12-14-26(19,4)24(21)13-15-27(22,23)5/h7,17-18,20-24,28H,6,8-16H2,1-5H3/t18-,20-,21+,22-,23+,24+,26+,27-/m1/s1. The summed E-state index contributed by atoms with van der Waals surface area (Å²) in [6.45, 7) is 11.6. The third kappa shape index (κ3) is 3.56. The Hall–Kier alpha value is -0.630. The largest absolute Gasteiger partial charge is 0.393 e. The summed E-state index contributed by atoms with van der Waals surface area (Å²) in [5, 5.41) is 10.2. The normalized spacial score (nSPS) is 45.2. The number of ketones is 1. The summed E-state index contributed by atoms with van der Waals surface area (Å²) >= 11 is 0. The van der Waals surface area contributed by atoms with E-state index in [0.717, 1.165) is 49.4 Å². The van der Waals surface area contributed by atoms with E-state index in [4.69, 9.17) is 0 Å². The summed E-state index contributed by atoms with van der Waals surface area (Å²) < 4.78 is 0. The molecule has 0 spiro atoms. The van der Waals surface area contributed by atoms with Gasteiger partial charge in [-0.15, -0.1) is 0 Å². The van der Waals surface area contributed by atoms with Gasteiger partial charge in [0, 0.05) is 12.3 Å². The van der Waals surface area contributed by atoms with Gasteiger partial charge in [-0.25, -0.2) is 0 Å². The highest BCUT2D eigenvalue weighted by molar-refractivity contribution is 5.80. The van der Waals surface area contributed by atoms with Gasteiger partial charge in [0.05, 0.1) is 6.10 Å². The fourth-order valence-corrected chi connectivity index (χ4v) is 8.48. The zero-order valence-corrected chi connectivity index (χ0v) is 19.5. The lowest BCUT2D eigenvalue weighted by Gasteiger charge is -2.58. The van der Waals surface area contributed by atoms with Gasteiger partial charge in [-0.1, -0.05) is 46.3 Å². The molecule has 2 nitrogen and oxygen atoms in total. The average Bonchev–Trinajstić information content (AvgIpc) is 3.03. The zero-order chi connectivity index (χ0) is 21.0. The molecule has 3 saturated carbocycles. The number of rotatable bonds is 5. The van der Waals surface area contributed by atoms with Gasteiger partial charge in [0.15, 0.2) is 0 Å². The molecule has 8 atom stereocenters. The first-order valence-electron chi connectivity index (χ1n) is 12.6. The molecule has 0 unspecified atom stereocenters. The van der Waals surface area contributed by atoms with Crippen molar-refractivity contribution in [3.05, 3.63) is 11.6 Å². The molecule has 164 valence electrons. The van der Waals surface area contributed by atoms with Crippen LogP contribution in [-0.2, 0) is 4.79 Å². The molecular weight excluding hydrogens is 356 g/mol. The third-order valence-corrected chi connectivity index (χ3v) is 10.3. The number of carbonyl (C=O) groups excluding carboxylic acids is 1. The second-order valence-electron chi connectivity index (χ2n) is 12.0. The molecule has 0 aromatic rings. The highest BCUT2D eigenvalue weighted by Gasteiger charge is 2.59. The monoisotopic (exact) mass is 400 g/mol. The number of hydrogen-bond donors (Lipinski definition) is 1. The van der Waals surface area contributed by atoms with Crippen LogP contribution in [0.4, 0.5) is 0 Å². The molecule has 2 heteroatoms. The summed E-state index contributed by atoms with van der Waals surface area (Å²) in [5.74, 6) is 4.60. The minimum Gasteiger partial charge on any atom is -0.393 e. The Kier molecular flexibility index (Phi) is 5.82. The predicted molar refractivity (Wildman–Crippen MR) is 119 cm³/mol. The number of Topliss-reactive ketones (excluding diaryl/α,β-unsaturated/α-hetero) is 1. The fourth-order valence-electron chi connectivity index (χ4n) is 8.48. The van der Waals surface area contributed by atoms with Gasteiger partial charge >= 0.3 is 0 Å². The number of fused-ring (bicyclic) bond motifs is 5. The molecule has 29 heavy (non-hydrogen) atoms. The Morgan fingerprint density at radius 2 is 1.86 bits per heavy atom. The van der Waals surface area contributed by atoms with Gasteiger partial charge in [-0.2, -0.15) is 0 Å². The molecular formula is C27H44O2. The summed E-state index contributed by atoms with van der Waals surface area (Å²) in [5.41, 5.74) is 2.39. The zero-order valence-electron chi connectivity index (χ0n) is 19.5. The molecule has 0 aromatic carbocycles. The molecule has 3 fully saturated rings. The lowest BCUT2D eigenvalue weighted by Crippen LogP contribution is -2.50. The Morgan fingerprint density at radius 3 is 2.59 bits per heavy atom. The molecule has 0 bridgehead atoms. The first kappa shape index (κ1) is 21.6. The number of aliphatic hydroxyl groups is 1. The lowest BCUT2D eigenvalue weighted by atomic mass is 9.47. The van der Waals surface area contributed by atoms with E-state index in [0.29, 0.717) is 22.5 Å². The maximum Gasteiger partial charge on any atom is 0.135 e. The Morgan fingerprint density at radius 1 is 1.10 bits per heavy atom. The van der Waals surface area contributed by atoms with E-state index < -0.39 is 0 Å². The van der Waals surface area contributed by atoms with E-state index in [1.807, 2.05) is 13.8 Å². The second-order valence-corrected chi connectivity index (χ2v) is 12.0. The van der Waals surface area contributed by atoms with Crippen LogP contribution in [0.5, 0.6) is 0 Å². The molecule has 0 amide bonds. The van der Waals surface area contributed by atoms with Crippen LogP contribution < -0.4 is 0 Å². The molecule has 0 aliphatic heterocycles. The number of carbonyl (C=O) groups is 1. The first-order chi connectivity index (χ1) is 13.7. The van der Waals surface area contributed by atoms with Crippen LogP contribution in [0, 0.1) is 46.3 Å². The van der Waals surface area contributed by atoms with Crippen molar-refractivity contribution in [3.8, 4) is 0 Å². The van der Waals surface area contributed by atoms with Crippen LogP contribution in [0.2, 0.25) is 0 Å². The van der Waals surface area contributed by atoms with E-state index in [2.05, 4.69) is 26.8 Å². The van der Waals surface area contributed by atoms with E-state index in [1.165, 1.54) is 38.5 Å². The smallest absolute Gasteiger partial charge is 0.135 e. The summed E-state index contributed by atoms with van der Waals surface area (Å²) in [4.78, 5) is 12.2. The van der Waals surface area contributed by atoms with Crippen molar-refractivity contribution in [3.63, 3.8) is 0 Å². The molecule has 0 radical (unpaired) electrons. The average molecular weight is 401 g/mol. The Bertz CT molecular complexity index is 663. The van der Waals surface area contributed by atoms with E-state index in [1.54, 1.807) is 5.57 Å². The predicted octanol–water partition coefficient (Wildman–Crippen LogP) is 6.57. The van der Waals surface area contributed by atoms with Gasteiger partial charge in [0.2, 0.25) is 0 Å². The van der Waals surface area contributed by atoms with Crippen LogP contribution in [-0.4, -0.2) is 17.0 Å². The molecule has 0 heterocycles. The van der Waals surface area contributed by atoms with Gasteiger partial charge in [0.1, 0.15) is 5.78 Å². The second kappa shape index (κ2) is 7.81. The van der Waals surface area contributed by atoms with E-state index >= 15 is 0 Å². The quantitative estimate of drug-likeness (QED) is 0.530. The van der Waals surface area contributed by atoms with Gasteiger partial charge in [0.25, 0.3) is 0 Å². The highest BCUT2D eigenvalue weighted by Crippen LogP contribution is 2.67. The topological polar surface area (TPSA) is 37.3 Å². The SMILES string of the molecule is CC(C)C(=O)CC[C@@H](C)[C@H]1CC[C@H]2[C@@H]3CC=C4C[C@H](O)CC[C@]4(C)[C@H]3CC[C@]12C. The molecule has 1 N–H and O–H groups in total. The fraction of sp³-hybridized carbons (Fsp3) is 0.889. The Balaban J connectivity index is 1.49. The Labute approximate surface area is 178 Å². The highest BCUT2D eigenvalue weighted by atomic mass is 16.3. The molecule has 4 aliphatic carbocycles. The van der Waals surface area contributed by atoms with Crippen molar-refractivity contribution in [1.29, 1.82) is 0 Å². The maximum atomic E-state index is 12.2. The van der Waals surface area contributed by atoms with Gasteiger partial charge in [-0.3, -0.25) is 4.79 Å².